The molecule has 0 unspecified atom stereocenters. The van der Waals surface area contributed by atoms with Gasteiger partial charge in [0.2, 0.25) is 0 Å². The molecular weight excluding hydrogens is 277 g/mol. The van der Waals surface area contributed by atoms with E-state index in [-0.39, 0.29) is 10.9 Å². The van der Waals surface area contributed by atoms with Crippen LogP contribution in [0.3, 0.4) is 0 Å². The molecule has 82 valence electrons. The highest BCUT2D eigenvalue weighted by Crippen LogP contribution is 2.36. The lowest BCUT2D eigenvalue weighted by Crippen LogP contribution is -2.08. The van der Waals surface area contributed by atoms with E-state index in [2.05, 4.69) is 15.9 Å². The van der Waals surface area contributed by atoms with E-state index in [0.717, 1.165) is 12.1 Å². The topological polar surface area (TPSA) is 37.3 Å². The molecule has 0 aromatic heterocycles. The van der Waals surface area contributed by atoms with Gasteiger partial charge in [-0.05, 0) is 18.2 Å². The van der Waals surface area contributed by atoms with Crippen molar-refractivity contribution in [1.29, 1.82) is 0 Å². The van der Waals surface area contributed by atoms with Gasteiger partial charge in [0.1, 0.15) is 5.75 Å². The first-order chi connectivity index (χ1) is 6.86. The SMILES string of the molecule is O=C(CBr)c1ccc(O)c(C(F)(F)F)c1. The van der Waals surface area contributed by atoms with Gasteiger partial charge in [0.15, 0.2) is 5.78 Å². The number of halogens is 4. The van der Waals surface area contributed by atoms with E-state index in [1.807, 2.05) is 0 Å². The summed E-state index contributed by atoms with van der Waals surface area (Å²) in [4.78, 5) is 11.1. The van der Waals surface area contributed by atoms with Crippen molar-refractivity contribution in [1.82, 2.24) is 0 Å². The fraction of sp³-hybridized carbons (Fsp3) is 0.222. The van der Waals surface area contributed by atoms with Gasteiger partial charge in [-0.3, -0.25) is 4.79 Å². The van der Waals surface area contributed by atoms with Gasteiger partial charge >= 0.3 is 6.18 Å². The molecule has 1 N–H and O–H groups in total. The third kappa shape index (κ3) is 2.71. The number of phenols is 1. The Labute approximate surface area is 91.8 Å². The van der Waals surface area contributed by atoms with Crippen molar-refractivity contribution in [2.24, 2.45) is 0 Å². The van der Waals surface area contributed by atoms with Crippen molar-refractivity contribution in [3.63, 3.8) is 0 Å². The second kappa shape index (κ2) is 4.22. The molecule has 0 aliphatic heterocycles. The van der Waals surface area contributed by atoms with Crippen LogP contribution in [0.2, 0.25) is 0 Å². The molecule has 0 aliphatic carbocycles. The first-order valence-electron chi connectivity index (χ1n) is 3.85. The van der Waals surface area contributed by atoms with Gasteiger partial charge in [0.25, 0.3) is 0 Å². The standard InChI is InChI=1S/C9H6BrF3O2/c10-4-8(15)5-1-2-7(14)6(3-5)9(11,12)13/h1-3,14H,4H2. The highest BCUT2D eigenvalue weighted by molar-refractivity contribution is 9.09. The number of Topliss-reactive ketones (excluding diaryl/α,β-unsaturated/α-hetero) is 1. The molecule has 2 nitrogen and oxygen atoms in total. The Bertz CT molecular complexity index is 387. The van der Waals surface area contributed by atoms with Crippen LogP contribution in [0.15, 0.2) is 18.2 Å². The Morgan fingerprint density at radius 2 is 2.00 bits per heavy atom. The fourth-order valence-electron chi connectivity index (χ4n) is 1.01. The first kappa shape index (κ1) is 12.0. The summed E-state index contributed by atoms with van der Waals surface area (Å²) in [6.45, 7) is 0. The highest BCUT2D eigenvalue weighted by atomic mass is 79.9. The second-order valence-electron chi connectivity index (χ2n) is 2.79. The summed E-state index contributed by atoms with van der Waals surface area (Å²) in [6, 6.07) is 2.64. The number of benzene rings is 1. The van der Waals surface area contributed by atoms with Gasteiger partial charge in [-0.25, -0.2) is 0 Å². The molecule has 0 spiro atoms. The first-order valence-corrected chi connectivity index (χ1v) is 4.97. The average molecular weight is 283 g/mol. The third-order valence-corrected chi connectivity index (χ3v) is 2.25. The zero-order valence-corrected chi connectivity index (χ0v) is 8.89. The lowest BCUT2D eigenvalue weighted by molar-refractivity contribution is -0.138. The van der Waals surface area contributed by atoms with E-state index < -0.39 is 23.3 Å². The molecule has 0 fully saturated rings. The highest BCUT2D eigenvalue weighted by Gasteiger charge is 2.34. The second-order valence-corrected chi connectivity index (χ2v) is 3.35. The largest absolute Gasteiger partial charge is 0.507 e. The number of carbonyl (C=O) groups excluding carboxylic acids is 1. The van der Waals surface area contributed by atoms with Gasteiger partial charge in [-0.1, -0.05) is 15.9 Å². The minimum absolute atomic E-state index is 0.0604. The van der Waals surface area contributed by atoms with Crippen molar-refractivity contribution in [3.05, 3.63) is 29.3 Å². The van der Waals surface area contributed by atoms with Crippen LogP contribution in [0.1, 0.15) is 15.9 Å². The summed E-state index contributed by atoms with van der Waals surface area (Å²) < 4.78 is 36.9. The molecule has 0 amide bonds. The minimum Gasteiger partial charge on any atom is -0.507 e. The number of alkyl halides is 4. The molecule has 15 heavy (non-hydrogen) atoms. The van der Waals surface area contributed by atoms with Crippen molar-refractivity contribution in [2.45, 2.75) is 6.18 Å². The Kier molecular flexibility index (Phi) is 3.38. The minimum atomic E-state index is -4.66. The normalized spacial score (nSPS) is 11.5. The van der Waals surface area contributed by atoms with E-state index in [9.17, 15) is 18.0 Å². The van der Waals surface area contributed by atoms with Gasteiger partial charge in [0.05, 0.1) is 10.9 Å². The molecule has 0 bridgehead atoms. The maximum absolute atomic E-state index is 12.3. The third-order valence-electron chi connectivity index (χ3n) is 1.75. The summed E-state index contributed by atoms with van der Waals surface area (Å²) >= 11 is 2.85. The van der Waals surface area contributed by atoms with Crippen molar-refractivity contribution >= 4 is 21.7 Å². The summed E-state index contributed by atoms with van der Waals surface area (Å²) in [5, 5.41) is 8.92. The van der Waals surface area contributed by atoms with Crippen LogP contribution in [-0.4, -0.2) is 16.2 Å². The van der Waals surface area contributed by atoms with Crippen LogP contribution >= 0.6 is 15.9 Å². The van der Waals surface area contributed by atoms with Gasteiger partial charge < -0.3 is 5.11 Å². The molecule has 1 aromatic carbocycles. The van der Waals surface area contributed by atoms with Crippen LogP contribution in [0.4, 0.5) is 13.2 Å². The molecule has 6 heteroatoms. The number of phenolic OH excluding ortho intramolecular Hbond substituents is 1. The number of hydrogen-bond acceptors (Lipinski definition) is 2. The predicted molar refractivity (Wildman–Crippen MR) is 51.2 cm³/mol. The summed E-state index contributed by atoms with van der Waals surface area (Å²) in [5.74, 6) is -1.35. The number of carbonyl (C=O) groups is 1. The van der Waals surface area contributed by atoms with Crippen LogP contribution in [0.25, 0.3) is 0 Å². The van der Waals surface area contributed by atoms with Crippen LogP contribution in [0, 0.1) is 0 Å². The summed E-state index contributed by atoms with van der Waals surface area (Å²) in [6.07, 6.45) is -4.66. The average Bonchev–Trinajstić information content (AvgIpc) is 2.15. The molecule has 0 saturated carbocycles. The van der Waals surface area contributed by atoms with Gasteiger partial charge in [-0.15, -0.1) is 0 Å². The molecule has 0 saturated heterocycles. The molecule has 1 rings (SSSR count). The maximum atomic E-state index is 12.3. The van der Waals surface area contributed by atoms with Crippen LogP contribution < -0.4 is 0 Å². The van der Waals surface area contributed by atoms with Gasteiger partial charge in [0, 0.05) is 5.56 Å². The summed E-state index contributed by atoms with van der Waals surface area (Å²) in [5.41, 5.74) is -1.29. The molecule has 0 heterocycles. The van der Waals surface area contributed by atoms with E-state index >= 15 is 0 Å². The Morgan fingerprint density at radius 3 is 2.47 bits per heavy atom. The van der Waals surface area contributed by atoms with Crippen molar-refractivity contribution < 1.29 is 23.1 Å². The zero-order valence-electron chi connectivity index (χ0n) is 7.31. The maximum Gasteiger partial charge on any atom is 0.419 e. The Hall–Kier alpha value is -1.04. The number of rotatable bonds is 2. The molecule has 0 radical (unpaired) electrons. The molecule has 1 aromatic rings. The van der Waals surface area contributed by atoms with E-state index in [0.29, 0.717) is 6.07 Å². The number of hydrogen-bond donors (Lipinski definition) is 1. The van der Waals surface area contributed by atoms with E-state index in [4.69, 9.17) is 5.11 Å². The zero-order chi connectivity index (χ0) is 11.6. The van der Waals surface area contributed by atoms with Crippen LogP contribution in [0.5, 0.6) is 5.75 Å². The lowest BCUT2D eigenvalue weighted by atomic mass is 10.1. The number of ketones is 1. The summed E-state index contributed by atoms with van der Waals surface area (Å²) in [7, 11) is 0. The van der Waals surface area contributed by atoms with Crippen LogP contribution in [-0.2, 0) is 6.18 Å². The molecular formula is C9H6BrF3O2. The van der Waals surface area contributed by atoms with Gasteiger partial charge in [-0.2, -0.15) is 13.2 Å². The smallest absolute Gasteiger partial charge is 0.419 e. The Balaban J connectivity index is 3.23. The van der Waals surface area contributed by atoms with E-state index in [1.165, 1.54) is 0 Å². The predicted octanol–water partition coefficient (Wildman–Crippen LogP) is 2.99. The molecule has 0 atom stereocenters. The van der Waals surface area contributed by atoms with Crippen molar-refractivity contribution in [2.75, 3.05) is 5.33 Å². The fourth-order valence-corrected chi connectivity index (χ4v) is 1.34. The van der Waals surface area contributed by atoms with Crippen molar-refractivity contribution in [3.8, 4) is 5.75 Å². The molecule has 0 aliphatic rings. The number of aromatic hydroxyl groups is 1. The monoisotopic (exact) mass is 282 g/mol. The Morgan fingerprint density at radius 1 is 1.40 bits per heavy atom. The lowest BCUT2D eigenvalue weighted by Gasteiger charge is -2.09. The van der Waals surface area contributed by atoms with E-state index in [1.54, 1.807) is 0 Å². The quantitative estimate of drug-likeness (QED) is 0.669.